The van der Waals surface area contributed by atoms with Crippen LogP contribution in [-0.2, 0) is 13.0 Å². The first kappa shape index (κ1) is 20.6. The number of benzene rings is 3. The highest BCUT2D eigenvalue weighted by atomic mass is 35.5. The van der Waals surface area contributed by atoms with Crippen molar-refractivity contribution < 1.29 is 4.74 Å². The summed E-state index contributed by atoms with van der Waals surface area (Å²) < 4.78 is 5.63. The van der Waals surface area contributed by atoms with Gasteiger partial charge in [0.1, 0.15) is 0 Å². The number of rotatable bonds is 4. The molecule has 2 heterocycles. The van der Waals surface area contributed by atoms with Gasteiger partial charge in [0.2, 0.25) is 0 Å². The first-order valence-corrected chi connectivity index (χ1v) is 11.5. The van der Waals surface area contributed by atoms with Gasteiger partial charge in [-0.25, -0.2) is 4.98 Å². The number of hydrogen-bond acceptors (Lipinski definition) is 3. The van der Waals surface area contributed by atoms with Crippen LogP contribution in [0, 0.1) is 0 Å². The maximum absolute atomic E-state index is 6.55. The first-order valence-electron chi connectivity index (χ1n) is 10.8. The van der Waals surface area contributed by atoms with Crippen LogP contribution < -0.4 is 4.74 Å². The standard InChI is InChI=1S/C26H24Cl2N2O/c1-3-30-12-11-19-20(15-30)25(17-13-21(27)26(31-4-2)22(28)14-17)29-23-10-9-16-7-5-6-8-18(16)24(19)23/h5-10,13-14H,3-4,11-12,15H2,1-2H3. The monoisotopic (exact) mass is 450 g/mol. The highest BCUT2D eigenvalue weighted by Gasteiger charge is 2.24. The molecule has 0 radical (unpaired) electrons. The largest absolute Gasteiger partial charge is 0.491 e. The van der Waals surface area contributed by atoms with E-state index >= 15 is 0 Å². The Hall–Kier alpha value is -2.33. The van der Waals surface area contributed by atoms with E-state index < -0.39 is 0 Å². The first-order chi connectivity index (χ1) is 15.1. The van der Waals surface area contributed by atoms with Gasteiger partial charge in [-0.3, -0.25) is 4.90 Å². The van der Waals surface area contributed by atoms with Crippen molar-refractivity contribution in [3.63, 3.8) is 0 Å². The third kappa shape index (κ3) is 3.55. The van der Waals surface area contributed by atoms with Gasteiger partial charge < -0.3 is 4.74 Å². The minimum atomic E-state index is 0.515. The number of pyridine rings is 1. The number of aromatic nitrogens is 1. The Kier molecular flexibility index (Phi) is 5.51. The predicted molar refractivity (Wildman–Crippen MR) is 131 cm³/mol. The zero-order chi connectivity index (χ0) is 21.5. The van der Waals surface area contributed by atoms with Crippen molar-refractivity contribution in [1.82, 2.24) is 9.88 Å². The number of ether oxygens (including phenoxy) is 1. The molecule has 5 heteroatoms. The molecule has 3 aromatic carbocycles. The van der Waals surface area contributed by atoms with Crippen LogP contribution in [0.3, 0.4) is 0 Å². The molecule has 0 spiro atoms. The lowest BCUT2D eigenvalue weighted by Gasteiger charge is -2.30. The van der Waals surface area contributed by atoms with Crippen molar-refractivity contribution in [1.29, 1.82) is 0 Å². The molecule has 0 saturated carbocycles. The van der Waals surface area contributed by atoms with Gasteiger partial charge in [-0.05, 0) is 60.0 Å². The van der Waals surface area contributed by atoms with Crippen LogP contribution in [-0.4, -0.2) is 29.6 Å². The summed E-state index contributed by atoms with van der Waals surface area (Å²) in [7, 11) is 0. The number of nitrogens with zero attached hydrogens (tertiary/aromatic N) is 2. The predicted octanol–water partition coefficient (Wildman–Crippen LogP) is 7.14. The fraction of sp³-hybridized carbons (Fsp3) is 0.269. The van der Waals surface area contributed by atoms with Crippen LogP contribution in [0.4, 0.5) is 0 Å². The van der Waals surface area contributed by atoms with Crippen molar-refractivity contribution in [2.45, 2.75) is 26.8 Å². The van der Waals surface area contributed by atoms with Crippen LogP contribution in [0.25, 0.3) is 32.9 Å². The molecule has 0 saturated heterocycles. The Morgan fingerprint density at radius 1 is 1.00 bits per heavy atom. The minimum Gasteiger partial charge on any atom is -0.491 e. The van der Waals surface area contributed by atoms with E-state index in [0.29, 0.717) is 22.4 Å². The summed E-state index contributed by atoms with van der Waals surface area (Å²) in [6.45, 7) is 7.58. The molecule has 31 heavy (non-hydrogen) atoms. The fourth-order valence-electron chi connectivity index (χ4n) is 4.66. The maximum Gasteiger partial charge on any atom is 0.156 e. The molecule has 0 amide bonds. The molecule has 1 aliphatic heterocycles. The molecule has 3 nitrogen and oxygen atoms in total. The summed E-state index contributed by atoms with van der Waals surface area (Å²) in [4.78, 5) is 7.61. The molecular formula is C26H24Cl2N2O. The lowest BCUT2D eigenvalue weighted by molar-refractivity contribution is 0.269. The van der Waals surface area contributed by atoms with Gasteiger partial charge in [-0.15, -0.1) is 0 Å². The second kappa shape index (κ2) is 8.31. The van der Waals surface area contributed by atoms with Gasteiger partial charge in [0.15, 0.2) is 5.75 Å². The summed E-state index contributed by atoms with van der Waals surface area (Å²) in [5.41, 5.74) is 5.57. The number of fused-ring (bicyclic) bond motifs is 5. The molecule has 1 aliphatic rings. The Morgan fingerprint density at radius 2 is 1.77 bits per heavy atom. The van der Waals surface area contributed by atoms with E-state index in [4.69, 9.17) is 32.9 Å². The van der Waals surface area contributed by atoms with Crippen LogP contribution in [0.2, 0.25) is 10.0 Å². The second-order valence-electron chi connectivity index (χ2n) is 7.92. The molecule has 0 bridgehead atoms. The van der Waals surface area contributed by atoms with Crippen molar-refractivity contribution in [3.05, 3.63) is 69.7 Å². The van der Waals surface area contributed by atoms with Crippen LogP contribution in [0.15, 0.2) is 48.5 Å². The molecule has 0 atom stereocenters. The second-order valence-corrected chi connectivity index (χ2v) is 8.73. The van der Waals surface area contributed by atoms with E-state index in [1.807, 2.05) is 19.1 Å². The topological polar surface area (TPSA) is 25.4 Å². The van der Waals surface area contributed by atoms with Gasteiger partial charge in [-0.2, -0.15) is 0 Å². The van der Waals surface area contributed by atoms with Crippen molar-refractivity contribution >= 4 is 44.9 Å². The quantitative estimate of drug-likeness (QED) is 0.309. The normalized spacial score (nSPS) is 14.2. The van der Waals surface area contributed by atoms with Gasteiger partial charge >= 0.3 is 0 Å². The summed E-state index contributed by atoms with van der Waals surface area (Å²) >= 11 is 13.1. The summed E-state index contributed by atoms with van der Waals surface area (Å²) in [5, 5.41) is 4.82. The van der Waals surface area contributed by atoms with E-state index in [1.54, 1.807) is 0 Å². The summed E-state index contributed by atoms with van der Waals surface area (Å²) in [6, 6.07) is 16.7. The number of hydrogen-bond donors (Lipinski definition) is 0. The van der Waals surface area contributed by atoms with Crippen molar-refractivity contribution in [3.8, 4) is 17.0 Å². The minimum absolute atomic E-state index is 0.515. The highest BCUT2D eigenvalue weighted by molar-refractivity contribution is 6.37. The lowest BCUT2D eigenvalue weighted by atomic mass is 9.89. The Morgan fingerprint density at radius 3 is 2.52 bits per heavy atom. The van der Waals surface area contributed by atoms with Crippen LogP contribution >= 0.6 is 23.2 Å². The average molecular weight is 451 g/mol. The zero-order valence-electron chi connectivity index (χ0n) is 17.7. The van der Waals surface area contributed by atoms with Crippen LogP contribution in [0.1, 0.15) is 25.0 Å². The smallest absolute Gasteiger partial charge is 0.156 e. The summed E-state index contributed by atoms with van der Waals surface area (Å²) in [5.74, 6) is 0.533. The molecule has 1 aromatic heterocycles. The van der Waals surface area contributed by atoms with E-state index in [0.717, 1.165) is 42.8 Å². The van der Waals surface area contributed by atoms with Gasteiger partial charge in [0.25, 0.3) is 0 Å². The van der Waals surface area contributed by atoms with Crippen molar-refractivity contribution in [2.75, 3.05) is 19.7 Å². The third-order valence-electron chi connectivity index (χ3n) is 6.16. The summed E-state index contributed by atoms with van der Waals surface area (Å²) in [6.07, 6.45) is 1.00. The molecule has 0 N–H and O–H groups in total. The molecule has 158 valence electrons. The SMILES string of the molecule is CCOc1c(Cl)cc(-c2nc3ccc4ccccc4c3c3c2CN(CC)CC3)cc1Cl. The van der Waals surface area contributed by atoms with Gasteiger partial charge in [0, 0.05) is 24.0 Å². The molecule has 4 aromatic rings. The maximum atomic E-state index is 6.55. The Labute approximate surface area is 192 Å². The van der Waals surface area contributed by atoms with Crippen molar-refractivity contribution in [2.24, 2.45) is 0 Å². The molecule has 5 rings (SSSR count). The Bertz CT molecular complexity index is 1280. The highest BCUT2D eigenvalue weighted by Crippen LogP contribution is 2.41. The van der Waals surface area contributed by atoms with E-state index in [9.17, 15) is 0 Å². The van der Waals surface area contributed by atoms with E-state index in [1.165, 1.54) is 27.3 Å². The molecule has 0 aliphatic carbocycles. The third-order valence-corrected chi connectivity index (χ3v) is 6.72. The van der Waals surface area contributed by atoms with Gasteiger partial charge in [0.05, 0.1) is 27.9 Å². The van der Waals surface area contributed by atoms with E-state index in [2.05, 4.69) is 48.2 Å². The molecule has 0 unspecified atom stereocenters. The molecular weight excluding hydrogens is 427 g/mol. The van der Waals surface area contributed by atoms with E-state index in [-0.39, 0.29) is 0 Å². The average Bonchev–Trinajstić information content (AvgIpc) is 2.80. The zero-order valence-corrected chi connectivity index (χ0v) is 19.2. The molecule has 0 fully saturated rings. The van der Waals surface area contributed by atoms with Crippen LogP contribution in [0.5, 0.6) is 5.75 Å². The number of halogens is 2. The lowest BCUT2D eigenvalue weighted by Crippen LogP contribution is -2.31. The number of likely N-dealkylation sites (N-methyl/N-ethyl adjacent to an activating group) is 1. The Balaban J connectivity index is 1.80. The fourth-order valence-corrected chi connectivity index (χ4v) is 5.25. The van der Waals surface area contributed by atoms with Gasteiger partial charge in [-0.1, -0.05) is 60.5 Å².